The van der Waals surface area contributed by atoms with E-state index < -0.39 is 0 Å². The third-order valence-electron chi connectivity index (χ3n) is 1.81. The van der Waals surface area contributed by atoms with E-state index in [2.05, 4.69) is 11.8 Å². The lowest BCUT2D eigenvalue weighted by Gasteiger charge is -1.97. The Balaban J connectivity index is 3.59. The highest BCUT2D eigenvalue weighted by Crippen LogP contribution is 1.92. The summed E-state index contributed by atoms with van der Waals surface area (Å²) in [6, 6.07) is 0. The van der Waals surface area contributed by atoms with Gasteiger partial charge >= 0.3 is 5.97 Å². The Labute approximate surface area is 110 Å². The number of ether oxygens (including phenoxy) is 1. The average molecular weight is 244 g/mol. The van der Waals surface area contributed by atoms with E-state index in [0.29, 0.717) is 6.61 Å². The molecule has 96 valence electrons. The number of hydrogen-bond acceptors (Lipinski definition) is 2. The minimum Gasteiger partial charge on any atom is -0.466 e. The van der Waals surface area contributed by atoms with Gasteiger partial charge in [0.2, 0.25) is 0 Å². The number of carbonyl (C=O) groups excluding carboxylic acids is 1. The molecule has 0 aromatic rings. The van der Waals surface area contributed by atoms with Crippen molar-refractivity contribution in [1.82, 2.24) is 0 Å². The van der Waals surface area contributed by atoms with E-state index in [4.69, 9.17) is 4.74 Å². The summed E-state index contributed by atoms with van der Waals surface area (Å²) in [6.45, 7) is 3.87. The van der Waals surface area contributed by atoms with Gasteiger partial charge in [0.05, 0.1) is 6.61 Å². The van der Waals surface area contributed by atoms with Gasteiger partial charge in [0, 0.05) is 6.92 Å². The van der Waals surface area contributed by atoms with Gasteiger partial charge in [-0.2, -0.15) is 0 Å². The van der Waals surface area contributed by atoms with Crippen LogP contribution in [0, 0.1) is 11.8 Å². The average Bonchev–Trinajstić information content (AvgIpc) is 2.34. The summed E-state index contributed by atoms with van der Waals surface area (Å²) in [5.41, 5.74) is 0. The Bertz CT molecular complexity index is 387. The summed E-state index contributed by atoms with van der Waals surface area (Å²) in [5, 5.41) is 0. The highest BCUT2D eigenvalue weighted by atomic mass is 16.5. The molecule has 0 spiro atoms. The molecule has 0 fully saturated rings. The molecular formula is C16H20O2. The normalized spacial score (nSPS) is 11.4. The van der Waals surface area contributed by atoms with Gasteiger partial charge in [0.1, 0.15) is 0 Å². The molecule has 0 amide bonds. The van der Waals surface area contributed by atoms with Crippen LogP contribution in [0.2, 0.25) is 0 Å². The molecule has 0 rings (SSSR count). The third kappa shape index (κ3) is 14.0. The molecule has 2 heteroatoms. The first kappa shape index (κ1) is 16.0. The van der Waals surface area contributed by atoms with E-state index in [1.54, 1.807) is 12.2 Å². The summed E-state index contributed by atoms with van der Waals surface area (Å²) in [5.74, 6) is 5.55. The van der Waals surface area contributed by atoms with Gasteiger partial charge in [0.15, 0.2) is 0 Å². The Morgan fingerprint density at radius 3 is 2.39 bits per heavy atom. The summed E-state index contributed by atoms with van der Waals surface area (Å²) >= 11 is 0. The molecule has 0 aromatic carbocycles. The van der Waals surface area contributed by atoms with Gasteiger partial charge in [-0.3, -0.25) is 4.79 Å². The predicted octanol–water partition coefficient (Wildman–Crippen LogP) is 3.58. The SMILES string of the molecule is CC=CC=CC#CC=CC=CCCCOC(C)=O. The minimum atomic E-state index is -0.222. The zero-order valence-electron chi connectivity index (χ0n) is 11.1. The van der Waals surface area contributed by atoms with Gasteiger partial charge in [-0.25, -0.2) is 0 Å². The number of allylic oxidation sites excluding steroid dienone is 8. The molecule has 0 atom stereocenters. The first-order valence-electron chi connectivity index (χ1n) is 6.01. The minimum absolute atomic E-state index is 0.222. The van der Waals surface area contributed by atoms with Crippen molar-refractivity contribution in [3.05, 3.63) is 48.6 Å². The second-order valence-electron chi connectivity index (χ2n) is 3.44. The lowest BCUT2D eigenvalue weighted by Crippen LogP contribution is -1.99. The number of carbonyl (C=O) groups is 1. The maximum atomic E-state index is 10.5. The van der Waals surface area contributed by atoms with Crippen molar-refractivity contribution in [3.63, 3.8) is 0 Å². The monoisotopic (exact) mass is 244 g/mol. The Morgan fingerprint density at radius 2 is 1.78 bits per heavy atom. The molecule has 0 aliphatic heterocycles. The van der Waals surface area contributed by atoms with Crippen LogP contribution in [0.25, 0.3) is 0 Å². The lowest BCUT2D eigenvalue weighted by molar-refractivity contribution is -0.141. The molecule has 0 aliphatic rings. The molecule has 0 saturated carbocycles. The molecule has 0 heterocycles. The van der Waals surface area contributed by atoms with Crippen LogP contribution in [0.5, 0.6) is 0 Å². The quantitative estimate of drug-likeness (QED) is 0.309. The summed E-state index contributed by atoms with van der Waals surface area (Å²) in [7, 11) is 0. The van der Waals surface area contributed by atoms with E-state index in [9.17, 15) is 4.79 Å². The van der Waals surface area contributed by atoms with Crippen LogP contribution in [0.1, 0.15) is 26.7 Å². The highest BCUT2D eigenvalue weighted by Gasteiger charge is 1.89. The molecule has 0 radical (unpaired) electrons. The van der Waals surface area contributed by atoms with E-state index in [1.165, 1.54) is 6.92 Å². The van der Waals surface area contributed by atoms with Crippen LogP contribution in [-0.4, -0.2) is 12.6 Å². The van der Waals surface area contributed by atoms with Crippen molar-refractivity contribution in [2.75, 3.05) is 6.61 Å². The second kappa shape index (κ2) is 13.1. The number of rotatable bonds is 6. The van der Waals surface area contributed by atoms with Gasteiger partial charge < -0.3 is 4.74 Å². The zero-order chi connectivity index (χ0) is 13.5. The Hall–Kier alpha value is -2.01. The van der Waals surface area contributed by atoms with Crippen molar-refractivity contribution in [3.8, 4) is 11.8 Å². The number of hydrogen-bond donors (Lipinski definition) is 0. The van der Waals surface area contributed by atoms with Gasteiger partial charge in [0.25, 0.3) is 0 Å². The third-order valence-corrected chi connectivity index (χ3v) is 1.81. The molecule has 0 aliphatic carbocycles. The molecule has 18 heavy (non-hydrogen) atoms. The zero-order valence-corrected chi connectivity index (χ0v) is 11.1. The molecular weight excluding hydrogens is 224 g/mol. The van der Waals surface area contributed by atoms with Crippen LogP contribution in [-0.2, 0) is 9.53 Å². The Kier molecular flexibility index (Phi) is 11.6. The highest BCUT2D eigenvalue weighted by molar-refractivity contribution is 5.65. The van der Waals surface area contributed by atoms with Crippen molar-refractivity contribution in [1.29, 1.82) is 0 Å². The van der Waals surface area contributed by atoms with Crippen LogP contribution in [0.4, 0.5) is 0 Å². The number of esters is 1. The van der Waals surface area contributed by atoms with Gasteiger partial charge in [-0.15, -0.1) is 0 Å². The van der Waals surface area contributed by atoms with Crippen LogP contribution < -0.4 is 0 Å². The van der Waals surface area contributed by atoms with Crippen LogP contribution >= 0.6 is 0 Å². The molecule has 0 saturated heterocycles. The van der Waals surface area contributed by atoms with Crippen molar-refractivity contribution < 1.29 is 9.53 Å². The fraction of sp³-hybridized carbons (Fsp3) is 0.312. The van der Waals surface area contributed by atoms with Crippen molar-refractivity contribution >= 4 is 5.97 Å². The fourth-order valence-electron chi connectivity index (χ4n) is 1.01. The smallest absolute Gasteiger partial charge is 0.302 e. The fourth-order valence-corrected chi connectivity index (χ4v) is 1.01. The molecule has 0 aromatic heterocycles. The largest absolute Gasteiger partial charge is 0.466 e. The number of unbranched alkanes of at least 4 members (excludes halogenated alkanes) is 1. The maximum Gasteiger partial charge on any atom is 0.302 e. The Morgan fingerprint density at radius 1 is 1.11 bits per heavy atom. The van der Waals surface area contributed by atoms with Crippen LogP contribution in [0.3, 0.4) is 0 Å². The summed E-state index contributed by atoms with van der Waals surface area (Å²) in [6.07, 6.45) is 17.0. The predicted molar refractivity (Wildman–Crippen MR) is 75.9 cm³/mol. The van der Waals surface area contributed by atoms with Crippen molar-refractivity contribution in [2.24, 2.45) is 0 Å². The first-order chi connectivity index (χ1) is 8.77. The van der Waals surface area contributed by atoms with E-state index in [0.717, 1.165) is 12.8 Å². The first-order valence-corrected chi connectivity index (χ1v) is 6.01. The summed E-state index contributed by atoms with van der Waals surface area (Å²) in [4.78, 5) is 10.5. The van der Waals surface area contributed by atoms with E-state index >= 15 is 0 Å². The summed E-state index contributed by atoms with van der Waals surface area (Å²) < 4.78 is 4.81. The molecule has 0 N–H and O–H groups in total. The van der Waals surface area contributed by atoms with E-state index in [1.807, 2.05) is 43.4 Å². The standard InChI is InChI=1S/C16H20O2/c1-3-4-5-6-7-8-9-10-11-12-13-14-15-18-16(2)17/h3-6,9-12H,13-15H2,1-2H3. The van der Waals surface area contributed by atoms with Gasteiger partial charge in [-0.1, -0.05) is 48.3 Å². The maximum absolute atomic E-state index is 10.5. The second-order valence-corrected chi connectivity index (χ2v) is 3.44. The molecule has 0 bridgehead atoms. The lowest BCUT2D eigenvalue weighted by atomic mass is 10.3. The van der Waals surface area contributed by atoms with Gasteiger partial charge in [-0.05, 0) is 31.9 Å². The topological polar surface area (TPSA) is 26.3 Å². The van der Waals surface area contributed by atoms with E-state index in [-0.39, 0.29) is 5.97 Å². The molecule has 2 nitrogen and oxygen atoms in total. The van der Waals surface area contributed by atoms with Crippen LogP contribution in [0.15, 0.2) is 48.6 Å². The van der Waals surface area contributed by atoms with Crippen molar-refractivity contribution in [2.45, 2.75) is 26.7 Å². The molecule has 0 unspecified atom stereocenters.